The number of carbonyl (C=O) groups is 2. The number of likely N-dealkylation sites (tertiary alicyclic amines) is 2. The molecule has 146 valence electrons. The van der Waals surface area contributed by atoms with Crippen molar-refractivity contribution in [1.29, 1.82) is 0 Å². The molecule has 27 heavy (non-hydrogen) atoms. The number of hydrogen-bond donors (Lipinski definition) is 0. The fourth-order valence-electron chi connectivity index (χ4n) is 5.39. The Bertz CT molecular complexity index is 747. The van der Waals surface area contributed by atoms with E-state index in [-0.39, 0.29) is 35.5 Å². The minimum atomic E-state index is -0.527. The van der Waals surface area contributed by atoms with E-state index in [4.69, 9.17) is 4.74 Å². The van der Waals surface area contributed by atoms with Gasteiger partial charge in [-0.05, 0) is 52.5 Å². The van der Waals surface area contributed by atoms with Gasteiger partial charge in [0.1, 0.15) is 5.60 Å². The van der Waals surface area contributed by atoms with Crippen LogP contribution < -0.4 is 0 Å². The van der Waals surface area contributed by atoms with Gasteiger partial charge in [-0.2, -0.15) is 10.2 Å². The zero-order valence-electron chi connectivity index (χ0n) is 16.5. The monoisotopic (exact) mass is 372 g/mol. The average molecular weight is 372 g/mol. The Labute approximate surface area is 160 Å². The summed E-state index contributed by atoms with van der Waals surface area (Å²) in [6.45, 7) is 8.45. The number of rotatable bonds is 1. The van der Waals surface area contributed by atoms with Gasteiger partial charge in [-0.25, -0.2) is 4.79 Å². The normalized spacial score (nSPS) is 32.4. The van der Waals surface area contributed by atoms with Crippen LogP contribution in [0.15, 0.2) is 18.5 Å². The van der Waals surface area contributed by atoms with Gasteiger partial charge in [0.2, 0.25) is 0 Å². The van der Waals surface area contributed by atoms with Gasteiger partial charge >= 0.3 is 6.09 Å². The van der Waals surface area contributed by atoms with E-state index >= 15 is 0 Å². The van der Waals surface area contributed by atoms with Gasteiger partial charge < -0.3 is 14.5 Å². The highest BCUT2D eigenvalue weighted by Gasteiger charge is 2.62. The molecule has 3 fully saturated rings. The van der Waals surface area contributed by atoms with Crippen LogP contribution in [-0.2, 0) is 4.74 Å². The molecule has 2 saturated heterocycles. The molecule has 1 aromatic rings. The highest BCUT2D eigenvalue weighted by molar-refractivity contribution is 5.94. The lowest BCUT2D eigenvalue weighted by molar-refractivity contribution is -0.0247. The minimum Gasteiger partial charge on any atom is -0.444 e. The quantitative estimate of drug-likeness (QED) is 0.758. The van der Waals surface area contributed by atoms with Crippen LogP contribution in [0.2, 0.25) is 0 Å². The molecule has 1 saturated carbocycles. The van der Waals surface area contributed by atoms with E-state index in [1.54, 1.807) is 12.3 Å². The maximum Gasteiger partial charge on any atom is 0.410 e. The summed E-state index contributed by atoms with van der Waals surface area (Å²) in [7, 11) is 0. The summed E-state index contributed by atoms with van der Waals surface area (Å²) < 4.78 is 5.68. The molecule has 2 aliphatic heterocycles. The van der Waals surface area contributed by atoms with Crippen molar-refractivity contribution >= 4 is 12.0 Å². The second-order valence-electron chi connectivity index (χ2n) is 9.30. The van der Waals surface area contributed by atoms with Crippen LogP contribution in [0, 0.1) is 5.41 Å². The Morgan fingerprint density at radius 2 is 1.96 bits per heavy atom. The van der Waals surface area contributed by atoms with Crippen molar-refractivity contribution < 1.29 is 14.3 Å². The molecule has 0 radical (unpaired) electrons. The van der Waals surface area contributed by atoms with E-state index in [0.29, 0.717) is 12.1 Å². The van der Waals surface area contributed by atoms with Gasteiger partial charge in [0.15, 0.2) is 0 Å². The summed E-state index contributed by atoms with van der Waals surface area (Å²) in [6.07, 6.45) is 6.71. The van der Waals surface area contributed by atoms with Crippen LogP contribution in [-0.4, -0.2) is 62.3 Å². The van der Waals surface area contributed by atoms with Crippen LogP contribution in [0.5, 0.6) is 0 Å². The third kappa shape index (κ3) is 2.97. The molecule has 7 heteroatoms. The van der Waals surface area contributed by atoms with E-state index in [0.717, 1.165) is 25.7 Å². The summed E-state index contributed by atoms with van der Waals surface area (Å²) in [4.78, 5) is 30.1. The van der Waals surface area contributed by atoms with Crippen molar-refractivity contribution in [3.63, 3.8) is 0 Å². The number of ether oxygens (including phenoxy) is 1. The molecule has 1 aromatic heterocycles. The number of fused-ring (bicyclic) bond motifs is 1. The van der Waals surface area contributed by atoms with E-state index in [1.165, 1.54) is 6.20 Å². The molecule has 2 bridgehead atoms. The van der Waals surface area contributed by atoms with Crippen LogP contribution in [0.25, 0.3) is 0 Å². The fraction of sp³-hybridized carbons (Fsp3) is 0.700. The molecule has 2 amide bonds. The van der Waals surface area contributed by atoms with E-state index in [9.17, 15) is 9.59 Å². The number of carbonyl (C=O) groups excluding carboxylic acids is 2. The molecule has 0 spiro atoms. The maximum atomic E-state index is 13.3. The number of nitrogens with zero attached hydrogens (tertiary/aromatic N) is 4. The molecule has 3 aliphatic rings. The number of amides is 2. The van der Waals surface area contributed by atoms with Gasteiger partial charge in [0.25, 0.3) is 5.91 Å². The van der Waals surface area contributed by atoms with Crippen LogP contribution >= 0.6 is 0 Å². The van der Waals surface area contributed by atoms with Crippen molar-refractivity contribution in [2.75, 3.05) is 6.54 Å². The Hall–Kier alpha value is -2.18. The number of aromatic nitrogens is 2. The molecule has 0 N–H and O–H groups in total. The fourth-order valence-corrected chi connectivity index (χ4v) is 5.39. The van der Waals surface area contributed by atoms with E-state index in [2.05, 4.69) is 17.1 Å². The molecular formula is C20H28N4O3. The number of hydrogen-bond acceptors (Lipinski definition) is 5. The summed E-state index contributed by atoms with van der Waals surface area (Å²) in [6, 6.07) is 2.00. The zero-order chi connectivity index (χ0) is 19.4. The Balaban J connectivity index is 1.66. The first kappa shape index (κ1) is 18.2. The molecule has 1 aliphatic carbocycles. The molecule has 7 nitrogen and oxygen atoms in total. The van der Waals surface area contributed by atoms with Crippen molar-refractivity contribution in [1.82, 2.24) is 20.0 Å². The zero-order valence-corrected chi connectivity index (χ0v) is 16.5. The number of piperidine rings is 1. The van der Waals surface area contributed by atoms with Gasteiger partial charge in [0.05, 0.1) is 24.0 Å². The molecule has 3 heterocycles. The highest BCUT2D eigenvalue weighted by Crippen LogP contribution is 2.54. The van der Waals surface area contributed by atoms with Gasteiger partial charge in [-0.3, -0.25) is 4.79 Å². The first-order valence-corrected chi connectivity index (χ1v) is 9.80. The molecule has 4 rings (SSSR count). The lowest BCUT2D eigenvalue weighted by Crippen LogP contribution is -2.58. The lowest BCUT2D eigenvalue weighted by Gasteiger charge is -2.49. The maximum absolute atomic E-state index is 13.3. The average Bonchev–Trinajstić information content (AvgIpc) is 2.90. The van der Waals surface area contributed by atoms with E-state index < -0.39 is 5.60 Å². The first-order valence-electron chi connectivity index (χ1n) is 9.80. The molecular weight excluding hydrogens is 344 g/mol. The Morgan fingerprint density at radius 3 is 2.63 bits per heavy atom. The highest BCUT2D eigenvalue weighted by atomic mass is 16.6. The second kappa shape index (κ2) is 6.17. The van der Waals surface area contributed by atoms with Crippen LogP contribution in [0.1, 0.15) is 63.7 Å². The lowest BCUT2D eigenvalue weighted by atomic mass is 9.66. The van der Waals surface area contributed by atoms with Crippen molar-refractivity contribution in [2.45, 2.75) is 77.1 Å². The van der Waals surface area contributed by atoms with Gasteiger partial charge in [-0.1, -0.05) is 6.92 Å². The third-order valence-electron chi connectivity index (χ3n) is 6.36. The topological polar surface area (TPSA) is 75.6 Å². The smallest absolute Gasteiger partial charge is 0.410 e. The van der Waals surface area contributed by atoms with Gasteiger partial charge in [-0.15, -0.1) is 0 Å². The van der Waals surface area contributed by atoms with Crippen molar-refractivity contribution in [3.8, 4) is 0 Å². The summed E-state index contributed by atoms with van der Waals surface area (Å²) in [5, 5.41) is 7.64. The predicted octanol–water partition coefficient (Wildman–Crippen LogP) is 2.87. The van der Waals surface area contributed by atoms with E-state index in [1.807, 2.05) is 30.6 Å². The Kier molecular flexibility index (Phi) is 4.16. The summed E-state index contributed by atoms with van der Waals surface area (Å²) in [5.41, 5.74) is -0.0540. The standard InChI is InChI=1S/C20H28N4O3/c1-19(2,3)27-18(26)23-12-14-10-20(4)15(23)6-5-7-16(20)24(14)17(25)13-8-9-21-22-11-13/h8-9,11,14-16H,5-7,10,12H2,1-4H3/t14-,15+,16-,20+/m0/s1. The summed E-state index contributed by atoms with van der Waals surface area (Å²) >= 11 is 0. The SMILES string of the molecule is CC(C)(C)OC(=O)N1C[C@@H]2C[C@@]3(C)[C@H](CCC[C@@H]13)N2C(=O)c1ccnnc1. The summed E-state index contributed by atoms with van der Waals surface area (Å²) in [5.74, 6) is -0.00434. The molecule has 0 aromatic carbocycles. The Morgan fingerprint density at radius 1 is 1.22 bits per heavy atom. The van der Waals surface area contributed by atoms with Crippen LogP contribution in [0.4, 0.5) is 4.79 Å². The van der Waals surface area contributed by atoms with Crippen LogP contribution in [0.3, 0.4) is 0 Å². The van der Waals surface area contributed by atoms with Crippen molar-refractivity contribution in [3.05, 3.63) is 24.0 Å². The molecule has 0 unspecified atom stereocenters. The van der Waals surface area contributed by atoms with Gasteiger partial charge in [0, 0.05) is 24.0 Å². The second-order valence-corrected chi connectivity index (χ2v) is 9.30. The third-order valence-corrected chi connectivity index (χ3v) is 6.36. The first-order chi connectivity index (χ1) is 12.7. The predicted molar refractivity (Wildman–Crippen MR) is 99.1 cm³/mol. The largest absolute Gasteiger partial charge is 0.444 e. The molecule has 4 atom stereocenters. The minimum absolute atomic E-state index is 0.00434. The van der Waals surface area contributed by atoms with Crippen molar-refractivity contribution in [2.24, 2.45) is 5.41 Å².